The van der Waals surface area contributed by atoms with Crippen LogP contribution < -0.4 is 5.32 Å². The van der Waals surface area contributed by atoms with Gasteiger partial charge in [-0.1, -0.05) is 6.92 Å². The summed E-state index contributed by atoms with van der Waals surface area (Å²) in [5.74, 6) is 0. The van der Waals surface area contributed by atoms with Crippen molar-refractivity contribution in [2.24, 2.45) is 0 Å². The molecule has 2 unspecified atom stereocenters. The van der Waals surface area contributed by atoms with Crippen molar-refractivity contribution in [1.82, 2.24) is 10.2 Å². The lowest BCUT2D eigenvalue weighted by Crippen LogP contribution is -2.41. The fourth-order valence-corrected chi connectivity index (χ4v) is 2.93. The van der Waals surface area contributed by atoms with Crippen molar-refractivity contribution < 1.29 is 4.74 Å². The Bertz CT molecular complexity index is 214. The standard InChI is InChI=1S/C13H26N2O/c1-3-7-14-12-5-8-15(10-12)11-13(2)6-4-9-16-13/h12,14H,3-11H2,1-2H3. The summed E-state index contributed by atoms with van der Waals surface area (Å²) in [4.78, 5) is 2.57. The molecule has 0 saturated carbocycles. The van der Waals surface area contributed by atoms with E-state index in [0.29, 0.717) is 6.04 Å². The summed E-state index contributed by atoms with van der Waals surface area (Å²) in [7, 11) is 0. The van der Waals surface area contributed by atoms with E-state index in [4.69, 9.17) is 4.74 Å². The minimum absolute atomic E-state index is 0.139. The topological polar surface area (TPSA) is 24.5 Å². The molecule has 0 amide bonds. The molecule has 0 aromatic carbocycles. The van der Waals surface area contributed by atoms with E-state index >= 15 is 0 Å². The molecule has 2 aliphatic rings. The molecule has 0 aliphatic carbocycles. The monoisotopic (exact) mass is 226 g/mol. The number of nitrogens with one attached hydrogen (secondary N) is 1. The van der Waals surface area contributed by atoms with E-state index in [2.05, 4.69) is 24.1 Å². The van der Waals surface area contributed by atoms with Crippen molar-refractivity contribution in [3.8, 4) is 0 Å². The Morgan fingerprint density at radius 1 is 1.50 bits per heavy atom. The van der Waals surface area contributed by atoms with Gasteiger partial charge in [-0.05, 0) is 45.7 Å². The van der Waals surface area contributed by atoms with Crippen LogP contribution in [0.1, 0.15) is 39.5 Å². The maximum absolute atomic E-state index is 5.86. The number of hydrogen-bond acceptors (Lipinski definition) is 3. The first-order valence-electron chi connectivity index (χ1n) is 6.81. The quantitative estimate of drug-likeness (QED) is 0.771. The number of likely N-dealkylation sites (tertiary alicyclic amines) is 1. The van der Waals surface area contributed by atoms with Gasteiger partial charge in [0.2, 0.25) is 0 Å². The first-order valence-corrected chi connectivity index (χ1v) is 6.81. The minimum atomic E-state index is 0.139. The van der Waals surface area contributed by atoms with Gasteiger partial charge in [0.1, 0.15) is 0 Å². The van der Waals surface area contributed by atoms with Gasteiger partial charge in [-0.15, -0.1) is 0 Å². The highest BCUT2D eigenvalue weighted by atomic mass is 16.5. The zero-order valence-electron chi connectivity index (χ0n) is 10.8. The largest absolute Gasteiger partial charge is 0.374 e. The molecule has 0 bridgehead atoms. The van der Waals surface area contributed by atoms with Gasteiger partial charge in [0.25, 0.3) is 0 Å². The smallest absolute Gasteiger partial charge is 0.0781 e. The SMILES string of the molecule is CCCNC1CCN(CC2(C)CCCO2)C1. The van der Waals surface area contributed by atoms with Crippen LogP contribution in [0.15, 0.2) is 0 Å². The zero-order chi connectivity index (χ0) is 11.4. The van der Waals surface area contributed by atoms with E-state index in [1.165, 1.54) is 38.8 Å². The molecule has 2 aliphatic heterocycles. The molecule has 0 radical (unpaired) electrons. The van der Waals surface area contributed by atoms with Crippen molar-refractivity contribution in [2.45, 2.75) is 51.2 Å². The van der Waals surface area contributed by atoms with Crippen molar-refractivity contribution in [2.75, 3.05) is 32.8 Å². The van der Waals surface area contributed by atoms with Crippen LogP contribution in [0.5, 0.6) is 0 Å². The van der Waals surface area contributed by atoms with Crippen molar-refractivity contribution in [3.05, 3.63) is 0 Å². The van der Waals surface area contributed by atoms with Crippen LogP contribution in [-0.2, 0) is 4.74 Å². The summed E-state index contributed by atoms with van der Waals surface area (Å²) in [6.45, 7) is 10.2. The molecule has 2 heterocycles. The van der Waals surface area contributed by atoms with Gasteiger partial charge in [-0.25, -0.2) is 0 Å². The second-order valence-corrected chi connectivity index (χ2v) is 5.58. The predicted molar refractivity (Wildman–Crippen MR) is 66.7 cm³/mol. The van der Waals surface area contributed by atoms with Gasteiger partial charge >= 0.3 is 0 Å². The number of rotatable bonds is 5. The highest BCUT2D eigenvalue weighted by Crippen LogP contribution is 2.27. The summed E-state index contributed by atoms with van der Waals surface area (Å²) in [5.41, 5.74) is 0.139. The Morgan fingerprint density at radius 2 is 2.38 bits per heavy atom. The lowest BCUT2D eigenvalue weighted by molar-refractivity contribution is -0.00436. The van der Waals surface area contributed by atoms with Gasteiger partial charge < -0.3 is 10.1 Å². The third kappa shape index (κ3) is 3.19. The van der Waals surface area contributed by atoms with Crippen molar-refractivity contribution in [3.63, 3.8) is 0 Å². The zero-order valence-corrected chi connectivity index (χ0v) is 10.8. The molecular formula is C13H26N2O. The number of hydrogen-bond donors (Lipinski definition) is 1. The highest BCUT2D eigenvalue weighted by Gasteiger charge is 2.34. The molecule has 2 fully saturated rings. The van der Waals surface area contributed by atoms with Gasteiger partial charge in [0.15, 0.2) is 0 Å². The summed E-state index contributed by atoms with van der Waals surface area (Å²) in [5, 5.41) is 3.62. The highest BCUT2D eigenvalue weighted by molar-refractivity contribution is 4.88. The average Bonchev–Trinajstić information content (AvgIpc) is 2.85. The Morgan fingerprint density at radius 3 is 3.06 bits per heavy atom. The van der Waals surface area contributed by atoms with Crippen LogP contribution in [0.25, 0.3) is 0 Å². The summed E-state index contributed by atoms with van der Waals surface area (Å²) >= 11 is 0. The third-order valence-corrected chi connectivity index (χ3v) is 3.81. The Labute approximate surface area is 99.5 Å². The molecule has 0 aromatic heterocycles. The van der Waals surface area contributed by atoms with Crippen LogP contribution in [0.3, 0.4) is 0 Å². The van der Waals surface area contributed by atoms with Crippen LogP contribution in [0, 0.1) is 0 Å². The van der Waals surface area contributed by atoms with Crippen LogP contribution in [0.2, 0.25) is 0 Å². The molecule has 3 nitrogen and oxygen atoms in total. The molecule has 0 spiro atoms. The Balaban J connectivity index is 1.72. The van der Waals surface area contributed by atoms with E-state index < -0.39 is 0 Å². The van der Waals surface area contributed by atoms with E-state index in [1.54, 1.807) is 0 Å². The normalized spacial score (nSPS) is 36.0. The lowest BCUT2D eigenvalue weighted by atomic mass is 10.0. The van der Waals surface area contributed by atoms with Gasteiger partial charge in [-0.2, -0.15) is 0 Å². The molecule has 1 N–H and O–H groups in total. The average molecular weight is 226 g/mol. The molecular weight excluding hydrogens is 200 g/mol. The minimum Gasteiger partial charge on any atom is -0.374 e. The van der Waals surface area contributed by atoms with Crippen molar-refractivity contribution in [1.29, 1.82) is 0 Å². The number of nitrogens with zero attached hydrogens (tertiary/aromatic N) is 1. The van der Waals surface area contributed by atoms with E-state index in [9.17, 15) is 0 Å². The molecule has 2 saturated heterocycles. The summed E-state index contributed by atoms with van der Waals surface area (Å²) < 4.78 is 5.86. The second-order valence-electron chi connectivity index (χ2n) is 5.58. The maximum Gasteiger partial charge on any atom is 0.0781 e. The number of ether oxygens (including phenoxy) is 1. The van der Waals surface area contributed by atoms with E-state index in [-0.39, 0.29) is 5.60 Å². The molecule has 2 atom stereocenters. The first kappa shape index (κ1) is 12.3. The molecule has 16 heavy (non-hydrogen) atoms. The van der Waals surface area contributed by atoms with Crippen LogP contribution >= 0.6 is 0 Å². The lowest BCUT2D eigenvalue weighted by Gasteiger charge is -2.29. The summed E-state index contributed by atoms with van der Waals surface area (Å²) in [6.07, 6.45) is 5.01. The molecule has 3 heteroatoms. The van der Waals surface area contributed by atoms with Crippen LogP contribution in [0.4, 0.5) is 0 Å². The molecule has 2 rings (SSSR count). The third-order valence-electron chi connectivity index (χ3n) is 3.81. The second kappa shape index (κ2) is 5.48. The first-order chi connectivity index (χ1) is 7.72. The molecule has 94 valence electrons. The predicted octanol–water partition coefficient (Wildman–Crippen LogP) is 1.63. The fraction of sp³-hybridized carbons (Fsp3) is 1.00. The Kier molecular flexibility index (Phi) is 4.22. The van der Waals surface area contributed by atoms with Gasteiger partial charge in [-0.3, -0.25) is 4.90 Å². The molecule has 0 aromatic rings. The van der Waals surface area contributed by atoms with E-state index in [0.717, 1.165) is 19.7 Å². The maximum atomic E-state index is 5.86. The summed E-state index contributed by atoms with van der Waals surface area (Å²) in [6, 6.07) is 0.713. The van der Waals surface area contributed by atoms with E-state index in [1.807, 2.05) is 0 Å². The van der Waals surface area contributed by atoms with Crippen molar-refractivity contribution >= 4 is 0 Å². The van der Waals surface area contributed by atoms with Crippen LogP contribution in [-0.4, -0.2) is 49.3 Å². The van der Waals surface area contributed by atoms with Gasteiger partial charge in [0, 0.05) is 25.7 Å². The fourth-order valence-electron chi connectivity index (χ4n) is 2.93. The Hall–Kier alpha value is -0.120. The van der Waals surface area contributed by atoms with Gasteiger partial charge in [0.05, 0.1) is 5.60 Å².